The van der Waals surface area contributed by atoms with E-state index in [0.29, 0.717) is 19.3 Å². The highest BCUT2D eigenvalue weighted by atomic mass is 16.7. The molecule has 10 heteroatoms. The van der Waals surface area contributed by atoms with Crippen LogP contribution in [-0.2, 0) is 14.3 Å². The summed E-state index contributed by atoms with van der Waals surface area (Å²) < 4.78 is 11.2. The quantitative estimate of drug-likeness (QED) is 0.0232. The van der Waals surface area contributed by atoms with Gasteiger partial charge in [0.05, 0.1) is 25.4 Å². The van der Waals surface area contributed by atoms with Crippen LogP contribution in [0.2, 0.25) is 0 Å². The van der Waals surface area contributed by atoms with Crippen molar-refractivity contribution in [3.63, 3.8) is 0 Å². The molecule has 0 spiro atoms. The summed E-state index contributed by atoms with van der Waals surface area (Å²) in [5.74, 6) is -0.623. The van der Waals surface area contributed by atoms with E-state index in [1.54, 1.807) is 6.08 Å². The average molecular weight is 1060 g/mol. The topological polar surface area (TPSA) is 169 Å². The monoisotopic (exact) mass is 1060 g/mol. The van der Waals surface area contributed by atoms with Crippen molar-refractivity contribution in [3.05, 3.63) is 48.6 Å². The number of rotatable bonds is 55. The average Bonchev–Trinajstić information content (AvgIpc) is 3.41. The van der Waals surface area contributed by atoms with Gasteiger partial charge in [-0.3, -0.25) is 4.79 Å². The van der Waals surface area contributed by atoms with Gasteiger partial charge < -0.3 is 45.4 Å². The molecule has 1 fully saturated rings. The fourth-order valence-electron chi connectivity index (χ4n) is 10.1. The third kappa shape index (κ3) is 42.7. The summed E-state index contributed by atoms with van der Waals surface area (Å²) in [6, 6.07) is -0.998. The van der Waals surface area contributed by atoms with Crippen molar-refractivity contribution in [3.8, 4) is 0 Å². The van der Waals surface area contributed by atoms with Crippen LogP contribution >= 0.6 is 0 Å². The first-order valence-electron chi connectivity index (χ1n) is 32.0. The number of hydrogen-bond acceptors (Lipinski definition) is 9. The molecule has 1 aliphatic rings. The van der Waals surface area contributed by atoms with E-state index >= 15 is 0 Å². The van der Waals surface area contributed by atoms with Crippen LogP contribution < -0.4 is 5.32 Å². The molecule has 440 valence electrons. The number of unbranched alkanes of at least 4 members (excludes halogenated alkanes) is 38. The van der Waals surface area contributed by atoms with Crippen molar-refractivity contribution in [1.29, 1.82) is 0 Å². The lowest BCUT2D eigenvalue weighted by atomic mass is 9.99. The van der Waals surface area contributed by atoms with Crippen LogP contribution in [0.15, 0.2) is 48.6 Å². The maximum Gasteiger partial charge on any atom is 0.249 e. The Bertz CT molecular complexity index is 1340. The molecule has 7 N–H and O–H groups in total. The van der Waals surface area contributed by atoms with Crippen molar-refractivity contribution < 1.29 is 44.9 Å². The van der Waals surface area contributed by atoms with E-state index in [0.717, 1.165) is 38.5 Å². The number of aliphatic hydroxyl groups is 6. The molecule has 1 aliphatic heterocycles. The summed E-state index contributed by atoms with van der Waals surface area (Å²) in [6.07, 6.45) is 62.4. The number of carbonyl (C=O) groups excluding carboxylic acids is 1. The largest absolute Gasteiger partial charge is 0.394 e. The molecule has 0 aromatic rings. The number of carbonyl (C=O) groups is 1. The second-order valence-corrected chi connectivity index (χ2v) is 22.3. The van der Waals surface area contributed by atoms with E-state index in [1.807, 2.05) is 6.08 Å². The number of hydrogen-bond donors (Lipinski definition) is 7. The van der Waals surface area contributed by atoms with Gasteiger partial charge >= 0.3 is 0 Å². The molecule has 10 nitrogen and oxygen atoms in total. The Morgan fingerprint density at radius 2 is 0.827 bits per heavy atom. The van der Waals surface area contributed by atoms with Crippen molar-refractivity contribution in [1.82, 2.24) is 5.32 Å². The van der Waals surface area contributed by atoms with E-state index in [4.69, 9.17) is 9.47 Å². The summed E-state index contributed by atoms with van der Waals surface area (Å²) in [5, 5.41) is 65.1. The summed E-state index contributed by atoms with van der Waals surface area (Å²) in [4.78, 5) is 13.1. The Kier molecular flexibility index (Phi) is 51.3. The second kappa shape index (κ2) is 54.1. The van der Waals surface area contributed by atoms with Crippen LogP contribution in [0.5, 0.6) is 0 Å². The highest BCUT2D eigenvalue weighted by Gasteiger charge is 2.44. The molecule has 8 unspecified atom stereocenters. The first-order chi connectivity index (χ1) is 36.8. The third-order valence-corrected chi connectivity index (χ3v) is 15.2. The predicted octanol–water partition coefficient (Wildman–Crippen LogP) is 15.4. The Balaban J connectivity index is 2.16. The molecule has 0 aromatic heterocycles. The van der Waals surface area contributed by atoms with Gasteiger partial charge in [0, 0.05) is 0 Å². The van der Waals surface area contributed by atoms with E-state index in [9.17, 15) is 35.4 Å². The van der Waals surface area contributed by atoms with Gasteiger partial charge in [-0.15, -0.1) is 0 Å². The molecule has 0 aliphatic carbocycles. The van der Waals surface area contributed by atoms with Gasteiger partial charge in [0.2, 0.25) is 5.91 Å². The molecular formula is C65H121NO9. The van der Waals surface area contributed by atoms with Gasteiger partial charge in [0.15, 0.2) is 6.29 Å². The van der Waals surface area contributed by atoms with Gasteiger partial charge in [0.25, 0.3) is 0 Å². The van der Waals surface area contributed by atoms with Crippen LogP contribution in [0.4, 0.5) is 0 Å². The molecule has 0 saturated carbocycles. The first-order valence-corrected chi connectivity index (χ1v) is 32.0. The zero-order chi connectivity index (χ0) is 54.5. The second-order valence-electron chi connectivity index (χ2n) is 22.3. The molecule has 1 amide bonds. The molecule has 75 heavy (non-hydrogen) atoms. The SMILES string of the molecule is CCCCCCCCCCCC/C=C/CC/C=C/C(O)C(COC1OC(CO)C(O)C(O)C1O)NC(=O)C(O)CCCCCCCCCCCCCCCCCC/C=C\C/C=C\CCCCCCCCCCCCC. The van der Waals surface area contributed by atoms with E-state index < -0.39 is 61.5 Å². The maximum absolute atomic E-state index is 13.1. The first kappa shape index (κ1) is 71.1. The van der Waals surface area contributed by atoms with Crippen LogP contribution in [0, 0.1) is 0 Å². The molecule has 1 rings (SSSR count). The van der Waals surface area contributed by atoms with Crippen LogP contribution in [0.25, 0.3) is 0 Å². The maximum atomic E-state index is 13.1. The number of ether oxygens (including phenoxy) is 2. The van der Waals surface area contributed by atoms with E-state index in [1.165, 1.54) is 225 Å². The summed E-state index contributed by atoms with van der Waals surface area (Å²) in [6.45, 7) is 3.62. The van der Waals surface area contributed by atoms with Crippen LogP contribution in [0.1, 0.15) is 296 Å². The van der Waals surface area contributed by atoms with Crippen molar-refractivity contribution in [2.45, 2.75) is 345 Å². The van der Waals surface area contributed by atoms with Gasteiger partial charge in [-0.05, 0) is 64.2 Å². The van der Waals surface area contributed by atoms with Crippen LogP contribution in [0.3, 0.4) is 0 Å². The molecular weight excluding hydrogens is 939 g/mol. The van der Waals surface area contributed by atoms with E-state index in [-0.39, 0.29) is 6.61 Å². The molecule has 1 heterocycles. The predicted molar refractivity (Wildman–Crippen MR) is 315 cm³/mol. The number of allylic oxidation sites excluding steroid dienone is 7. The van der Waals surface area contributed by atoms with Crippen molar-refractivity contribution in [2.24, 2.45) is 0 Å². The minimum atomic E-state index is -1.62. The van der Waals surface area contributed by atoms with E-state index in [2.05, 4.69) is 55.6 Å². The zero-order valence-corrected chi connectivity index (χ0v) is 48.7. The fourth-order valence-corrected chi connectivity index (χ4v) is 10.1. The molecule has 0 aromatic carbocycles. The Labute approximate surface area is 461 Å². The van der Waals surface area contributed by atoms with Gasteiger partial charge in [-0.25, -0.2) is 0 Å². The Morgan fingerprint density at radius 3 is 1.24 bits per heavy atom. The normalized spacial score (nSPS) is 19.6. The lowest BCUT2D eigenvalue weighted by Gasteiger charge is -2.40. The zero-order valence-electron chi connectivity index (χ0n) is 48.7. The van der Waals surface area contributed by atoms with Gasteiger partial charge in [-0.2, -0.15) is 0 Å². The van der Waals surface area contributed by atoms with Crippen molar-refractivity contribution >= 4 is 5.91 Å². The third-order valence-electron chi connectivity index (χ3n) is 15.2. The lowest BCUT2D eigenvalue weighted by Crippen LogP contribution is -2.60. The summed E-state index contributed by atoms with van der Waals surface area (Å²) in [7, 11) is 0. The highest BCUT2D eigenvalue weighted by molar-refractivity contribution is 5.80. The van der Waals surface area contributed by atoms with Gasteiger partial charge in [-0.1, -0.05) is 281 Å². The Hall–Kier alpha value is -1.89. The van der Waals surface area contributed by atoms with Crippen molar-refractivity contribution in [2.75, 3.05) is 13.2 Å². The smallest absolute Gasteiger partial charge is 0.249 e. The number of nitrogens with one attached hydrogen (secondary N) is 1. The lowest BCUT2D eigenvalue weighted by molar-refractivity contribution is -0.302. The standard InChI is InChI=1S/C65H121NO9/c1-3-5-7-9-11-13-15-17-19-21-22-23-24-25-26-27-28-29-30-31-32-33-34-35-36-37-38-40-42-44-46-48-50-52-54-59(69)64(73)66-57(56-74-65-63(72)62(71)61(70)60(55-67)75-65)58(68)53-51-49-47-45-43-41-39-20-18-16-14-12-10-8-6-4-2/h24-25,27-28,43,45,51,53,57-63,65,67-72H,3-23,26,29-42,44,46-50,52,54-56H2,1-2H3,(H,66,73)/b25-24-,28-27-,45-43+,53-51+. The summed E-state index contributed by atoms with van der Waals surface area (Å²) in [5.41, 5.74) is 0. The highest BCUT2D eigenvalue weighted by Crippen LogP contribution is 2.23. The molecule has 1 saturated heterocycles. The molecule has 0 radical (unpaired) electrons. The number of aliphatic hydroxyl groups excluding tert-OH is 6. The molecule has 8 atom stereocenters. The Morgan fingerprint density at radius 1 is 0.467 bits per heavy atom. The number of amides is 1. The summed E-state index contributed by atoms with van der Waals surface area (Å²) >= 11 is 0. The minimum absolute atomic E-state index is 0.304. The van der Waals surface area contributed by atoms with Gasteiger partial charge in [0.1, 0.15) is 30.5 Å². The molecule has 0 bridgehead atoms. The fraction of sp³-hybridized carbons (Fsp3) is 0.862. The minimum Gasteiger partial charge on any atom is -0.394 e. The van der Waals surface area contributed by atoms with Crippen LogP contribution in [-0.4, -0.2) is 98.7 Å².